The predicted molar refractivity (Wildman–Crippen MR) is 96.1 cm³/mol. The van der Waals surface area contributed by atoms with Crippen molar-refractivity contribution >= 4 is 17.4 Å². The van der Waals surface area contributed by atoms with Crippen molar-refractivity contribution in [3.05, 3.63) is 47.5 Å². The minimum absolute atomic E-state index is 0.00171. The number of fused-ring (bicyclic) bond motifs is 1. The third-order valence-electron chi connectivity index (χ3n) is 4.55. The van der Waals surface area contributed by atoms with Gasteiger partial charge in [-0.25, -0.2) is 4.39 Å². The second kappa shape index (κ2) is 6.61. The lowest BCUT2D eigenvalue weighted by Gasteiger charge is -2.23. The number of aliphatic hydroxyl groups excluding tert-OH is 1. The Morgan fingerprint density at radius 1 is 1.27 bits per heavy atom. The molecule has 0 atom stereocenters. The van der Waals surface area contributed by atoms with Gasteiger partial charge in [0.25, 0.3) is 0 Å². The number of benzene rings is 1. The molecule has 2 aromatic rings. The maximum atomic E-state index is 14.0. The number of pyridine rings is 1. The van der Waals surface area contributed by atoms with Crippen molar-refractivity contribution in [3.63, 3.8) is 0 Å². The Kier molecular flexibility index (Phi) is 4.63. The van der Waals surface area contributed by atoms with E-state index in [2.05, 4.69) is 4.98 Å². The average molecular weight is 356 g/mol. The topological polar surface area (TPSA) is 70.5 Å². The molecule has 0 spiro atoms. The summed E-state index contributed by atoms with van der Waals surface area (Å²) in [6.45, 7) is 5.08. The molecule has 0 bridgehead atoms. The van der Waals surface area contributed by atoms with Gasteiger partial charge in [-0.15, -0.1) is 0 Å². The second-order valence-corrected chi connectivity index (χ2v) is 7.48. The van der Waals surface area contributed by atoms with E-state index in [-0.39, 0.29) is 36.8 Å². The van der Waals surface area contributed by atoms with Crippen LogP contribution in [0.15, 0.2) is 30.5 Å². The second-order valence-electron chi connectivity index (χ2n) is 7.48. The fourth-order valence-corrected chi connectivity index (χ4v) is 2.79. The average Bonchev–Trinajstić information content (AvgIpc) is 2.89. The number of carbonyl (C=O) groups excluding carboxylic acids is 2. The summed E-state index contributed by atoms with van der Waals surface area (Å²) >= 11 is 0. The maximum Gasteiger partial charge on any atom is 0.233 e. The Labute approximate surface area is 151 Å². The summed E-state index contributed by atoms with van der Waals surface area (Å²) in [5, 5.41) is 9.09. The van der Waals surface area contributed by atoms with Crippen molar-refractivity contribution in [2.75, 3.05) is 11.4 Å². The van der Waals surface area contributed by atoms with Gasteiger partial charge in [0.05, 0.1) is 31.0 Å². The first-order valence-corrected chi connectivity index (χ1v) is 8.43. The SMILES string of the molecule is CC(C)(C)C(=O)CN1C(=O)Cc2ncc(-c3ccc(CO)c(F)c3)cc21. The van der Waals surface area contributed by atoms with Crippen molar-refractivity contribution in [3.8, 4) is 11.1 Å². The van der Waals surface area contributed by atoms with Crippen LogP contribution in [0.5, 0.6) is 0 Å². The zero-order valence-electron chi connectivity index (χ0n) is 15.0. The van der Waals surface area contributed by atoms with Gasteiger partial charge in [-0.1, -0.05) is 32.9 Å². The normalized spacial score (nSPS) is 13.9. The standard InChI is InChI=1S/C20H21FN2O3/c1-20(2,3)18(25)10-23-17-7-14(9-22-16(17)8-19(23)26)12-4-5-13(11-24)15(21)6-12/h4-7,9,24H,8,10-11H2,1-3H3. The number of hydrogen-bond donors (Lipinski definition) is 1. The monoisotopic (exact) mass is 356 g/mol. The fourth-order valence-electron chi connectivity index (χ4n) is 2.79. The van der Waals surface area contributed by atoms with Crippen LogP contribution in [0, 0.1) is 11.2 Å². The lowest BCUT2D eigenvalue weighted by atomic mass is 9.90. The minimum atomic E-state index is -0.544. The third-order valence-corrected chi connectivity index (χ3v) is 4.55. The van der Waals surface area contributed by atoms with E-state index in [1.54, 1.807) is 18.3 Å². The van der Waals surface area contributed by atoms with Crippen LogP contribution in [0.4, 0.5) is 10.1 Å². The van der Waals surface area contributed by atoms with Crippen LogP contribution in [0.2, 0.25) is 0 Å². The van der Waals surface area contributed by atoms with E-state index in [4.69, 9.17) is 5.11 Å². The van der Waals surface area contributed by atoms with Crippen molar-refractivity contribution in [2.24, 2.45) is 5.41 Å². The number of anilines is 1. The number of rotatable bonds is 4. The van der Waals surface area contributed by atoms with E-state index in [9.17, 15) is 14.0 Å². The van der Waals surface area contributed by atoms with Gasteiger partial charge in [0.1, 0.15) is 5.82 Å². The molecule has 0 aliphatic carbocycles. The number of carbonyl (C=O) groups is 2. The zero-order chi connectivity index (χ0) is 19.1. The first kappa shape index (κ1) is 18.2. The molecule has 3 rings (SSSR count). The highest BCUT2D eigenvalue weighted by atomic mass is 19.1. The number of Topliss-reactive ketones (excluding diaryl/α,β-unsaturated/α-hetero) is 1. The molecule has 136 valence electrons. The van der Waals surface area contributed by atoms with Gasteiger partial charge < -0.3 is 10.0 Å². The summed E-state index contributed by atoms with van der Waals surface area (Å²) in [6.07, 6.45) is 1.75. The van der Waals surface area contributed by atoms with Crippen LogP contribution >= 0.6 is 0 Å². The molecule has 2 heterocycles. The molecule has 6 heteroatoms. The van der Waals surface area contributed by atoms with Crippen LogP contribution in [0.25, 0.3) is 11.1 Å². The molecule has 0 fully saturated rings. The lowest BCUT2D eigenvalue weighted by Crippen LogP contribution is -2.37. The molecule has 1 aromatic heterocycles. The van der Waals surface area contributed by atoms with Crippen molar-refractivity contribution in [1.29, 1.82) is 0 Å². The summed E-state index contributed by atoms with van der Waals surface area (Å²) in [5.74, 6) is -0.701. The van der Waals surface area contributed by atoms with Crippen molar-refractivity contribution in [1.82, 2.24) is 4.98 Å². The number of hydrogen-bond acceptors (Lipinski definition) is 4. The largest absolute Gasteiger partial charge is 0.392 e. The zero-order valence-corrected chi connectivity index (χ0v) is 15.0. The van der Waals surface area contributed by atoms with E-state index in [0.29, 0.717) is 22.5 Å². The Morgan fingerprint density at radius 3 is 2.62 bits per heavy atom. The Bertz CT molecular complexity index is 887. The number of aliphatic hydroxyl groups is 1. The molecule has 1 N–H and O–H groups in total. The molecule has 1 amide bonds. The first-order valence-electron chi connectivity index (χ1n) is 8.43. The summed E-state index contributed by atoms with van der Waals surface area (Å²) in [6, 6.07) is 6.30. The van der Waals surface area contributed by atoms with Gasteiger partial charge in [0.15, 0.2) is 5.78 Å². The molecule has 1 aliphatic rings. The quantitative estimate of drug-likeness (QED) is 0.914. The molecule has 26 heavy (non-hydrogen) atoms. The van der Waals surface area contributed by atoms with Crippen LogP contribution in [0.3, 0.4) is 0 Å². The van der Waals surface area contributed by atoms with Gasteiger partial charge in [-0.2, -0.15) is 0 Å². The molecule has 0 saturated heterocycles. The third kappa shape index (κ3) is 3.37. The number of ketones is 1. The molecule has 1 aliphatic heterocycles. The van der Waals surface area contributed by atoms with Crippen LogP contribution in [-0.2, 0) is 22.6 Å². The molecule has 1 aromatic carbocycles. The molecular formula is C20H21FN2O3. The highest BCUT2D eigenvalue weighted by Crippen LogP contribution is 2.33. The smallest absolute Gasteiger partial charge is 0.233 e. The Balaban J connectivity index is 1.96. The van der Waals surface area contributed by atoms with E-state index >= 15 is 0 Å². The van der Waals surface area contributed by atoms with Gasteiger partial charge >= 0.3 is 0 Å². The Morgan fingerprint density at radius 2 is 2.00 bits per heavy atom. The predicted octanol–water partition coefficient (Wildman–Crippen LogP) is 2.88. The summed E-state index contributed by atoms with van der Waals surface area (Å²) in [4.78, 5) is 30.5. The number of amides is 1. The molecule has 0 saturated carbocycles. The maximum absolute atomic E-state index is 14.0. The van der Waals surface area contributed by atoms with E-state index < -0.39 is 11.2 Å². The van der Waals surface area contributed by atoms with Gasteiger partial charge in [-0.3, -0.25) is 14.6 Å². The summed E-state index contributed by atoms with van der Waals surface area (Å²) < 4.78 is 14.0. The summed E-state index contributed by atoms with van der Waals surface area (Å²) in [5.41, 5.74) is 2.13. The van der Waals surface area contributed by atoms with E-state index in [0.717, 1.165) is 0 Å². The van der Waals surface area contributed by atoms with Crippen LogP contribution in [0.1, 0.15) is 32.0 Å². The van der Waals surface area contributed by atoms with Crippen molar-refractivity contribution in [2.45, 2.75) is 33.8 Å². The minimum Gasteiger partial charge on any atom is -0.392 e. The van der Waals surface area contributed by atoms with Crippen LogP contribution in [-0.4, -0.2) is 28.3 Å². The van der Waals surface area contributed by atoms with Crippen molar-refractivity contribution < 1.29 is 19.1 Å². The van der Waals surface area contributed by atoms with E-state index in [1.807, 2.05) is 20.8 Å². The van der Waals surface area contributed by atoms with Gasteiger partial charge in [-0.05, 0) is 17.7 Å². The first-order chi connectivity index (χ1) is 12.2. The molecule has 5 nitrogen and oxygen atoms in total. The number of aromatic nitrogens is 1. The van der Waals surface area contributed by atoms with Gasteiger partial charge in [0.2, 0.25) is 5.91 Å². The van der Waals surface area contributed by atoms with Crippen LogP contribution < -0.4 is 4.90 Å². The highest BCUT2D eigenvalue weighted by molar-refractivity contribution is 6.06. The molecule has 0 unspecified atom stereocenters. The summed E-state index contributed by atoms with van der Waals surface area (Å²) in [7, 11) is 0. The highest BCUT2D eigenvalue weighted by Gasteiger charge is 2.33. The fraction of sp³-hybridized carbons (Fsp3) is 0.350. The van der Waals surface area contributed by atoms with Gasteiger partial charge in [0, 0.05) is 22.7 Å². The molecule has 0 radical (unpaired) electrons. The Hall–Kier alpha value is -2.60. The molecular weight excluding hydrogens is 335 g/mol. The number of halogens is 1. The number of nitrogens with zero attached hydrogens (tertiary/aromatic N) is 2. The van der Waals surface area contributed by atoms with E-state index in [1.165, 1.54) is 17.0 Å². The lowest BCUT2D eigenvalue weighted by molar-refractivity contribution is -0.127.